The van der Waals surface area contributed by atoms with Crippen LogP contribution < -0.4 is 5.32 Å². The van der Waals surface area contributed by atoms with Gasteiger partial charge < -0.3 is 10.2 Å². The number of carbonyl (C=O) groups is 1. The van der Waals surface area contributed by atoms with Gasteiger partial charge in [-0.25, -0.2) is 0 Å². The summed E-state index contributed by atoms with van der Waals surface area (Å²) >= 11 is 13.8. The highest BCUT2D eigenvalue weighted by Crippen LogP contribution is 2.28. The second-order valence-electron chi connectivity index (χ2n) is 6.15. The number of likely N-dealkylation sites (tertiary alicyclic amines) is 1. The monoisotopic (exact) mass is 388 g/mol. The Hall–Kier alpha value is -0.420. The molecular weight excluding hydrogens is 363 g/mol. The molecule has 0 saturated carbocycles. The highest BCUT2D eigenvalue weighted by Gasteiger charge is 2.09. The van der Waals surface area contributed by atoms with Crippen LogP contribution in [0.25, 0.3) is 0 Å². The molecule has 0 spiro atoms. The zero-order valence-electron chi connectivity index (χ0n) is 14.0. The van der Waals surface area contributed by atoms with Crippen molar-refractivity contribution in [3.8, 4) is 0 Å². The molecule has 1 N–H and O–H groups in total. The molecule has 0 aliphatic carbocycles. The average molecular weight is 389 g/mol. The Labute approximate surface area is 159 Å². The van der Waals surface area contributed by atoms with Gasteiger partial charge in [-0.2, -0.15) is 0 Å². The van der Waals surface area contributed by atoms with Gasteiger partial charge in [0.1, 0.15) is 0 Å². The van der Waals surface area contributed by atoms with Crippen LogP contribution in [0.2, 0.25) is 10.0 Å². The summed E-state index contributed by atoms with van der Waals surface area (Å²) in [6, 6.07) is 5.48. The maximum absolute atomic E-state index is 11.9. The van der Waals surface area contributed by atoms with Crippen molar-refractivity contribution in [1.29, 1.82) is 0 Å². The first-order valence-corrected chi connectivity index (χ1v) is 10.6. The normalized spacial score (nSPS) is 15.9. The molecule has 3 nitrogen and oxygen atoms in total. The van der Waals surface area contributed by atoms with E-state index >= 15 is 0 Å². The second-order valence-corrected chi connectivity index (χ2v) is 7.95. The van der Waals surface area contributed by atoms with E-state index in [0.717, 1.165) is 25.1 Å². The molecule has 134 valence electrons. The summed E-state index contributed by atoms with van der Waals surface area (Å²) in [6.07, 6.45) is 6.37. The fourth-order valence-electron chi connectivity index (χ4n) is 2.86. The Kier molecular flexibility index (Phi) is 9.32. The van der Waals surface area contributed by atoms with Gasteiger partial charge in [0, 0.05) is 22.3 Å². The number of rotatable bonds is 8. The highest BCUT2D eigenvalue weighted by atomic mass is 35.5. The second kappa shape index (κ2) is 11.2. The molecule has 0 bridgehead atoms. The Morgan fingerprint density at radius 2 is 1.79 bits per heavy atom. The van der Waals surface area contributed by atoms with Gasteiger partial charge in [-0.05, 0) is 56.6 Å². The first-order chi connectivity index (χ1) is 11.7. The predicted octanol–water partition coefficient (Wildman–Crippen LogP) is 4.61. The van der Waals surface area contributed by atoms with E-state index in [4.69, 9.17) is 23.2 Å². The van der Waals surface area contributed by atoms with E-state index in [2.05, 4.69) is 10.2 Å². The van der Waals surface area contributed by atoms with E-state index in [9.17, 15) is 4.79 Å². The molecule has 2 rings (SSSR count). The number of carbonyl (C=O) groups excluding carboxylic acids is 1. The number of thioether (sulfide) groups is 1. The first kappa shape index (κ1) is 19.9. The van der Waals surface area contributed by atoms with Crippen LogP contribution in [0.3, 0.4) is 0 Å². The lowest BCUT2D eigenvalue weighted by Gasteiger charge is -2.19. The molecule has 0 aromatic heterocycles. The predicted molar refractivity (Wildman–Crippen MR) is 105 cm³/mol. The van der Waals surface area contributed by atoms with E-state index in [1.54, 1.807) is 11.8 Å². The quantitative estimate of drug-likeness (QED) is 0.659. The molecule has 0 unspecified atom stereocenters. The van der Waals surface area contributed by atoms with Gasteiger partial charge in [0.05, 0.1) is 5.75 Å². The Morgan fingerprint density at radius 3 is 2.46 bits per heavy atom. The summed E-state index contributed by atoms with van der Waals surface area (Å²) in [7, 11) is 0. The van der Waals surface area contributed by atoms with Gasteiger partial charge in [0.15, 0.2) is 0 Å². The van der Waals surface area contributed by atoms with E-state index in [-0.39, 0.29) is 5.91 Å². The number of nitrogens with one attached hydrogen (secondary N) is 1. The minimum absolute atomic E-state index is 0.0824. The smallest absolute Gasteiger partial charge is 0.230 e. The molecule has 1 aliphatic rings. The summed E-state index contributed by atoms with van der Waals surface area (Å²) in [6.45, 7) is 4.26. The van der Waals surface area contributed by atoms with Crippen LogP contribution in [-0.2, 0) is 10.5 Å². The third-order valence-electron chi connectivity index (χ3n) is 4.21. The summed E-state index contributed by atoms with van der Waals surface area (Å²) in [5.41, 5.74) is 0.903. The van der Waals surface area contributed by atoms with E-state index in [1.165, 1.54) is 38.8 Å². The topological polar surface area (TPSA) is 32.3 Å². The minimum Gasteiger partial charge on any atom is -0.355 e. The van der Waals surface area contributed by atoms with Crippen LogP contribution in [0.15, 0.2) is 18.2 Å². The molecule has 1 heterocycles. The zero-order valence-corrected chi connectivity index (χ0v) is 16.4. The summed E-state index contributed by atoms with van der Waals surface area (Å²) < 4.78 is 0. The fraction of sp³-hybridized carbons (Fsp3) is 0.611. The van der Waals surface area contributed by atoms with Crippen LogP contribution in [0, 0.1) is 0 Å². The minimum atomic E-state index is 0.0824. The lowest BCUT2D eigenvalue weighted by atomic mass is 10.2. The maximum atomic E-state index is 11.9. The van der Waals surface area contributed by atoms with E-state index in [0.29, 0.717) is 21.6 Å². The molecule has 1 amide bonds. The lowest BCUT2D eigenvalue weighted by molar-refractivity contribution is -0.118. The third-order valence-corrected chi connectivity index (χ3v) is 5.88. The number of nitrogens with zero attached hydrogens (tertiary/aromatic N) is 1. The van der Waals surface area contributed by atoms with E-state index < -0.39 is 0 Å². The largest absolute Gasteiger partial charge is 0.355 e. The van der Waals surface area contributed by atoms with Gasteiger partial charge in [-0.1, -0.05) is 42.1 Å². The van der Waals surface area contributed by atoms with Crippen molar-refractivity contribution in [2.45, 2.75) is 37.9 Å². The van der Waals surface area contributed by atoms with Crippen molar-refractivity contribution in [3.63, 3.8) is 0 Å². The van der Waals surface area contributed by atoms with Crippen LogP contribution in [0.5, 0.6) is 0 Å². The molecule has 0 radical (unpaired) electrons. The Bertz CT molecular complexity index is 499. The van der Waals surface area contributed by atoms with Gasteiger partial charge in [-0.3, -0.25) is 4.79 Å². The van der Waals surface area contributed by atoms with Gasteiger partial charge in [-0.15, -0.1) is 11.8 Å². The number of halogens is 2. The molecule has 1 saturated heterocycles. The molecule has 1 aromatic carbocycles. The standard InChI is InChI=1S/C18H26Cl2N2OS/c19-16-7-5-8-17(20)15(16)13-24-14-18(23)21-9-6-12-22-10-3-1-2-4-11-22/h5,7-8H,1-4,6,9-14H2,(H,21,23). The van der Waals surface area contributed by atoms with Crippen molar-refractivity contribution in [2.24, 2.45) is 0 Å². The van der Waals surface area contributed by atoms with Crippen molar-refractivity contribution >= 4 is 40.9 Å². The number of amides is 1. The summed E-state index contributed by atoms with van der Waals surface area (Å²) in [5, 5.41) is 4.32. The molecule has 0 atom stereocenters. The number of hydrogen-bond donors (Lipinski definition) is 1. The molecule has 1 aliphatic heterocycles. The van der Waals surface area contributed by atoms with Crippen LogP contribution >= 0.6 is 35.0 Å². The summed E-state index contributed by atoms with van der Waals surface area (Å²) in [5.74, 6) is 1.17. The summed E-state index contributed by atoms with van der Waals surface area (Å²) in [4.78, 5) is 14.4. The van der Waals surface area contributed by atoms with Gasteiger partial charge >= 0.3 is 0 Å². The molecule has 6 heteroatoms. The molecule has 24 heavy (non-hydrogen) atoms. The van der Waals surface area contributed by atoms with E-state index in [1.807, 2.05) is 18.2 Å². The lowest BCUT2D eigenvalue weighted by Crippen LogP contribution is -2.31. The average Bonchev–Trinajstić information content (AvgIpc) is 2.83. The number of hydrogen-bond acceptors (Lipinski definition) is 3. The van der Waals surface area contributed by atoms with Gasteiger partial charge in [0.2, 0.25) is 5.91 Å². The number of benzene rings is 1. The third kappa shape index (κ3) is 7.22. The van der Waals surface area contributed by atoms with Crippen LogP contribution in [0.1, 0.15) is 37.7 Å². The van der Waals surface area contributed by atoms with Gasteiger partial charge in [0.25, 0.3) is 0 Å². The molecular formula is C18H26Cl2N2OS. The Morgan fingerprint density at radius 1 is 1.12 bits per heavy atom. The fourth-order valence-corrected chi connectivity index (χ4v) is 4.45. The Balaban J connectivity index is 1.56. The van der Waals surface area contributed by atoms with Crippen LogP contribution in [-0.4, -0.2) is 42.7 Å². The van der Waals surface area contributed by atoms with Crippen molar-refractivity contribution in [1.82, 2.24) is 10.2 Å². The maximum Gasteiger partial charge on any atom is 0.230 e. The highest BCUT2D eigenvalue weighted by molar-refractivity contribution is 7.99. The first-order valence-electron chi connectivity index (χ1n) is 8.66. The SMILES string of the molecule is O=C(CSCc1c(Cl)cccc1Cl)NCCCN1CCCCCC1. The zero-order chi connectivity index (χ0) is 17.2. The van der Waals surface area contributed by atoms with Crippen molar-refractivity contribution in [2.75, 3.05) is 31.9 Å². The van der Waals surface area contributed by atoms with Crippen molar-refractivity contribution in [3.05, 3.63) is 33.8 Å². The van der Waals surface area contributed by atoms with Crippen LogP contribution in [0.4, 0.5) is 0 Å². The van der Waals surface area contributed by atoms with Crippen molar-refractivity contribution < 1.29 is 4.79 Å². The molecule has 1 fully saturated rings. The molecule has 1 aromatic rings.